The number of hydrogen-bond donors (Lipinski definition) is 1. The summed E-state index contributed by atoms with van der Waals surface area (Å²) in [5.41, 5.74) is 4.70. The topological polar surface area (TPSA) is 53.9 Å². The molecule has 0 radical (unpaired) electrons. The molecule has 0 saturated heterocycles. The van der Waals surface area contributed by atoms with Gasteiger partial charge in [0.1, 0.15) is 0 Å². The van der Waals surface area contributed by atoms with Crippen molar-refractivity contribution in [3.8, 4) is 0 Å². The number of hydrogen-bond acceptors (Lipinski definition) is 5. The lowest BCUT2D eigenvalue weighted by atomic mass is 10.1. The highest BCUT2D eigenvalue weighted by atomic mass is 15.3. The zero-order valence-electron chi connectivity index (χ0n) is 15.8. The van der Waals surface area contributed by atoms with Gasteiger partial charge in [-0.25, -0.2) is 0 Å². The number of aromatic nitrogens is 3. The molecule has 1 N–H and O–H groups in total. The number of aryl methyl sites for hydroxylation is 1. The van der Waals surface area contributed by atoms with Gasteiger partial charge >= 0.3 is 0 Å². The molecular weight excluding hydrogens is 322 g/mol. The van der Waals surface area contributed by atoms with E-state index in [9.17, 15) is 0 Å². The molecule has 5 nitrogen and oxygen atoms in total. The van der Waals surface area contributed by atoms with Gasteiger partial charge in [0.2, 0.25) is 5.95 Å². The average molecular weight is 347 g/mol. The fourth-order valence-corrected chi connectivity index (χ4v) is 2.76. The van der Waals surface area contributed by atoms with Gasteiger partial charge in [0, 0.05) is 18.3 Å². The summed E-state index contributed by atoms with van der Waals surface area (Å²) >= 11 is 0. The molecule has 0 aliphatic rings. The first kappa shape index (κ1) is 17.9. The number of nitrogens with one attached hydrogen (secondary N) is 1. The second kappa shape index (κ2) is 7.95. The molecule has 3 aromatic rings. The molecule has 0 spiro atoms. The Morgan fingerprint density at radius 3 is 2.50 bits per heavy atom. The predicted molar refractivity (Wildman–Crippen MR) is 107 cm³/mol. The molecular formula is C21H25N5. The van der Waals surface area contributed by atoms with Crippen molar-refractivity contribution < 1.29 is 0 Å². The minimum absolute atomic E-state index is 0.257. The number of benzene rings is 2. The van der Waals surface area contributed by atoms with Gasteiger partial charge < -0.3 is 10.2 Å². The lowest BCUT2D eigenvalue weighted by molar-refractivity contribution is 0.653. The lowest BCUT2D eigenvalue weighted by Gasteiger charge is -2.26. The molecule has 0 fully saturated rings. The Morgan fingerprint density at radius 1 is 1.00 bits per heavy atom. The van der Waals surface area contributed by atoms with Crippen molar-refractivity contribution in [3.05, 3.63) is 71.4 Å². The van der Waals surface area contributed by atoms with Gasteiger partial charge in [-0.2, -0.15) is 10.1 Å². The normalized spacial score (nSPS) is 10.8. The third-order valence-electron chi connectivity index (χ3n) is 4.49. The van der Waals surface area contributed by atoms with Crippen LogP contribution in [0.3, 0.4) is 0 Å². The Balaban J connectivity index is 1.85. The minimum atomic E-state index is 0.257. The summed E-state index contributed by atoms with van der Waals surface area (Å²) in [7, 11) is 0. The lowest BCUT2D eigenvalue weighted by Crippen LogP contribution is -2.32. The SMILES string of the molecule is Cc1cccc(Nc2cnnc(N(Cc3ccccc3)C(C)C)n2)c1C. The highest BCUT2D eigenvalue weighted by Gasteiger charge is 2.15. The molecule has 134 valence electrons. The summed E-state index contributed by atoms with van der Waals surface area (Å²) in [5, 5.41) is 11.8. The Kier molecular flexibility index (Phi) is 5.46. The van der Waals surface area contributed by atoms with E-state index in [0.29, 0.717) is 11.8 Å². The zero-order chi connectivity index (χ0) is 18.5. The summed E-state index contributed by atoms with van der Waals surface area (Å²) in [6.45, 7) is 9.22. The van der Waals surface area contributed by atoms with E-state index < -0.39 is 0 Å². The fraction of sp³-hybridized carbons (Fsp3) is 0.286. The summed E-state index contributed by atoms with van der Waals surface area (Å²) in [5.74, 6) is 1.32. The fourth-order valence-electron chi connectivity index (χ4n) is 2.76. The Labute approximate surface area is 155 Å². The maximum atomic E-state index is 4.70. The van der Waals surface area contributed by atoms with E-state index >= 15 is 0 Å². The van der Waals surface area contributed by atoms with E-state index in [0.717, 1.165) is 12.2 Å². The van der Waals surface area contributed by atoms with Crippen molar-refractivity contribution >= 4 is 17.5 Å². The largest absolute Gasteiger partial charge is 0.339 e. The van der Waals surface area contributed by atoms with Crippen LogP contribution in [0.4, 0.5) is 17.5 Å². The first-order chi connectivity index (χ1) is 12.5. The van der Waals surface area contributed by atoms with Crippen molar-refractivity contribution in [2.45, 2.75) is 40.3 Å². The third kappa shape index (κ3) is 4.17. The highest BCUT2D eigenvalue weighted by molar-refractivity contribution is 5.62. The first-order valence-corrected chi connectivity index (χ1v) is 8.88. The molecule has 1 heterocycles. The van der Waals surface area contributed by atoms with Crippen LogP contribution < -0.4 is 10.2 Å². The maximum Gasteiger partial charge on any atom is 0.247 e. The molecule has 0 saturated carbocycles. The van der Waals surface area contributed by atoms with Crippen LogP contribution in [0.2, 0.25) is 0 Å². The van der Waals surface area contributed by atoms with E-state index in [4.69, 9.17) is 4.98 Å². The smallest absolute Gasteiger partial charge is 0.247 e. The van der Waals surface area contributed by atoms with E-state index in [1.54, 1.807) is 6.20 Å². The molecule has 0 unspecified atom stereocenters. The molecule has 0 atom stereocenters. The molecule has 0 bridgehead atoms. The van der Waals surface area contributed by atoms with E-state index in [1.807, 2.05) is 30.3 Å². The summed E-state index contributed by atoms with van der Waals surface area (Å²) in [6, 6.07) is 16.8. The van der Waals surface area contributed by atoms with Crippen LogP contribution in [0, 0.1) is 13.8 Å². The van der Waals surface area contributed by atoms with Crippen LogP contribution in [0.1, 0.15) is 30.5 Å². The van der Waals surface area contributed by atoms with Crippen LogP contribution in [-0.4, -0.2) is 21.2 Å². The van der Waals surface area contributed by atoms with Crippen molar-refractivity contribution in [2.24, 2.45) is 0 Å². The van der Waals surface area contributed by atoms with Crippen molar-refractivity contribution in [1.82, 2.24) is 15.2 Å². The van der Waals surface area contributed by atoms with Gasteiger partial charge in [-0.15, -0.1) is 5.10 Å². The van der Waals surface area contributed by atoms with Gasteiger partial charge in [-0.05, 0) is 50.5 Å². The Bertz CT molecular complexity index is 861. The number of anilines is 3. The van der Waals surface area contributed by atoms with Gasteiger partial charge in [0.15, 0.2) is 5.82 Å². The van der Waals surface area contributed by atoms with Crippen LogP contribution >= 0.6 is 0 Å². The Hall–Kier alpha value is -2.95. The monoisotopic (exact) mass is 347 g/mol. The average Bonchev–Trinajstić information content (AvgIpc) is 2.64. The minimum Gasteiger partial charge on any atom is -0.339 e. The van der Waals surface area contributed by atoms with E-state index in [-0.39, 0.29) is 6.04 Å². The third-order valence-corrected chi connectivity index (χ3v) is 4.49. The molecule has 0 aliphatic carbocycles. The van der Waals surface area contributed by atoms with Crippen molar-refractivity contribution in [1.29, 1.82) is 0 Å². The second-order valence-corrected chi connectivity index (χ2v) is 6.72. The van der Waals surface area contributed by atoms with Crippen LogP contribution in [0.5, 0.6) is 0 Å². The molecule has 26 heavy (non-hydrogen) atoms. The predicted octanol–water partition coefficient (Wildman–Crippen LogP) is 4.65. The second-order valence-electron chi connectivity index (χ2n) is 6.72. The molecule has 3 rings (SSSR count). The van der Waals surface area contributed by atoms with Gasteiger partial charge in [-0.1, -0.05) is 42.5 Å². The molecule has 1 aromatic heterocycles. The van der Waals surface area contributed by atoms with E-state index in [1.165, 1.54) is 16.7 Å². The van der Waals surface area contributed by atoms with E-state index in [2.05, 4.69) is 66.3 Å². The van der Waals surface area contributed by atoms with Gasteiger partial charge in [-0.3, -0.25) is 0 Å². The summed E-state index contributed by atoms with van der Waals surface area (Å²) in [6.07, 6.45) is 1.66. The standard InChI is InChI=1S/C21H25N5/c1-15(2)26(14-18-10-6-5-7-11-18)21-24-20(13-22-25-21)23-19-12-8-9-16(3)17(19)4/h5-13,15H,14H2,1-4H3,(H,23,24,25). The van der Waals surface area contributed by atoms with Crippen molar-refractivity contribution in [3.63, 3.8) is 0 Å². The van der Waals surface area contributed by atoms with Crippen LogP contribution in [-0.2, 0) is 6.54 Å². The Morgan fingerprint density at radius 2 is 1.77 bits per heavy atom. The first-order valence-electron chi connectivity index (χ1n) is 8.88. The number of nitrogens with zero attached hydrogens (tertiary/aromatic N) is 4. The molecule has 0 aliphatic heterocycles. The van der Waals surface area contributed by atoms with Crippen LogP contribution in [0.15, 0.2) is 54.7 Å². The summed E-state index contributed by atoms with van der Waals surface area (Å²) in [4.78, 5) is 6.85. The quantitative estimate of drug-likeness (QED) is 0.703. The zero-order valence-corrected chi connectivity index (χ0v) is 15.8. The molecule has 5 heteroatoms. The van der Waals surface area contributed by atoms with Gasteiger partial charge in [0.25, 0.3) is 0 Å². The number of rotatable bonds is 6. The molecule has 0 amide bonds. The van der Waals surface area contributed by atoms with Crippen molar-refractivity contribution in [2.75, 3.05) is 10.2 Å². The van der Waals surface area contributed by atoms with Gasteiger partial charge in [0.05, 0.1) is 6.20 Å². The van der Waals surface area contributed by atoms with Crippen LogP contribution in [0.25, 0.3) is 0 Å². The molecule has 2 aromatic carbocycles. The highest BCUT2D eigenvalue weighted by Crippen LogP contribution is 2.23. The maximum absolute atomic E-state index is 4.70. The summed E-state index contributed by atoms with van der Waals surface area (Å²) < 4.78 is 0.